The first kappa shape index (κ1) is 31.6. The van der Waals surface area contributed by atoms with Gasteiger partial charge in [0.15, 0.2) is 0 Å². The summed E-state index contributed by atoms with van der Waals surface area (Å²) in [6.45, 7) is 6.83. The molecule has 0 unspecified atom stereocenters. The smallest absolute Gasteiger partial charge is 0.264 e. The highest BCUT2D eigenvalue weighted by Gasteiger charge is 2.35. The van der Waals surface area contributed by atoms with Crippen molar-refractivity contribution in [2.45, 2.75) is 64.1 Å². The molecule has 41 heavy (non-hydrogen) atoms. The molecule has 0 aliphatic carbocycles. The second kappa shape index (κ2) is 14.1. The number of amides is 2. The maximum absolute atomic E-state index is 14.1. The predicted molar refractivity (Wildman–Crippen MR) is 158 cm³/mol. The number of aryl methyl sites for hydroxylation is 1. The van der Waals surface area contributed by atoms with E-state index in [2.05, 4.69) is 5.32 Å². The van der Waals surface area contributed by atoms with Crippen LogP contribution < -0.4 is 14.4 Å². The minimum Gasteiger partial charge on any atom is -0.495 e. The van der Waals surface area contributed by atoms with Gasteiger partial charge in [0.25, 0.3) is 10.0 Å². The number of benzene rings is 3. The van der Waals surface area contributed by atoms with Gasteiger partial charge in [0.1, 0.15) is 24.2 Å². The van der Waals surface area contributed by atoms with Crippen LogP contribution in [0.2, 0.25) is 0 Å². The van der Waals surface area contributed by atoms with Crippen molar-refractivity contribution in [1.29, 1.82) is 0 Å². The van der Waals surface area contributed by atoms with E-state index in [4.69, 9.17) is 4.74 Å². The summed E-state index contributed by atoms with van der Waals surface area (Å²) in [6.07, 6.45) is 0.985. The number of carbonyl (C=O) groups is 2. The Hall–Kier alpha value is -3.92. The Kier molecular flexibility index (Phi) is 10.9. The maximum Gasteiger partial charge on any atom is 0.264 e. The zero-order chi connectivity index (χ0) is 30.2. The van der Waals surface area contributed by atoms with Crippen molar-refractivity contribution in [2.75, 3.05) is 18.0 Å². The molecule has 2 atom stereocenters. The molecule has 10 heteroatoms. The molecule has 2 amide bonds. The average Bonchev–Trinajstić information content (AvgIpc) is 2.96. The van der Waals surface area contributed by atoms with Crippen LogP contribution in [0.5, 0.6) is 5.75 Å². The lowest BCUT2D eigenvalue weighted by Crippen LogP contribution is -2.53. The van der Waals surface area contributed by atoms with Crippen LogP contribution in [0.15, 0.2) is 77.7 Å². The van der Waals surface area contributed by atoms with E-state index in [0.717, 1.165) is 9.87 Å². The van der Waals surface area contributed by atoms with Crippen LogP contribution in [0.3, 0.4) is 0 Å². The molecule has 3 aromatic rings. The third-order valence-corrected chi connectivity index (χ3v) is 8.67. The largest absolute Gasteiger partial charge is 0.495 e. The fourth-order valence-corrected chi connectivity index (χ4v) is 5.76. The third-order valence-electron chi connectivity index (χ3n) is 6.89. The molecule has 0 saturated heterocycles. The van der Waals surface area contributed by atoms with Crippen molar-refractivity contribution in [3.8, 4) is 5.75 Å². The number of ether oxygens (including phenoxy) is 1. The highest BCUT2D eigenvalue weighted by molar-refractivity contribution is 7.92. The zero-order valence-corrected chi connectivity index (χ0v) is 24.9. The van der Waals surface area contributed by atoms with Gasteiger partial charge in [0.05, 0.1) is 17.7 Å². The van der Waals surface area contributed by atoms with Gasteiger partial charge in [-0.15, -0.1) is 0 Å². The number of rotatable bonds is 13. The minimum absolute atomic E-state index is 0.00782. The highest BCUT2D eigenvalue weighted by atomic mass is 32.2. The number of halogens is 1. The second-order valence-electron chi connectivity index (χ2n) is 9.89. The van der Waals surface area contributed by atoms with E-state index < -0.39 is 34.3 Å². The SMILES string of the molecule is CC[C@H](C)NC(=O)[C@H](CC)N(Cc1ccc(F)cc1)C(=O)CN(c1ccccc1OC)S(=O)(=O)c1ccc(C)cc1. The summed E-state index contributed by atoms with van der Waals surface area (Å²) in [5.41, 5.74) is 1.66. The van der Waals surface area contributed by atoms with Crippen LogP contribution in [0.1, 0.15) is 44.7 Å². The standard InChI is InChI=1S/C31H38FN3O5S/c1-6-23(4)33-31(37)27(7-2)34(20-24-14-16-25(32)17-15-24)30(36)21-35(28-10-8-9-11-29(28)40-5)41(38,39)26-18-12-22(3)13-19-26/h8-19,23,27H,6-7,20-21H2,1-5H3,(H,33,37)/t23-,27-/m0/s1. The Morgan fingerprint density at radius 3 is 2.17 bits per heavy atom. The van der Waals surface area contributed by atoms with Crippen LogP contribution >= 0.6 is 0 Å². The van der Waals surface area contributed by atoms with E-state index in [1.807, 2.05) is 20.8 Å². The van der Waals surface area contributed by atoms with Gasteiger partial charge >= 0.3 is 0 Å². The summed E-state index contributed by atoms with van der Waals surface area (Å²) in [4.78, 5) is 28.8. The number of carbonyl (C=O) groups excluding carboxylic acids is 2. The van der Waals surface area contributed by atoms with Crippen LogP contribution in [0, 0.1) is 12.7 Å². The molecule has 0 spiro atoms. The van der Waals surface area contributed by atoms with E-state index in [9.17, 15) is 22.4 Å². The zero-order valence-electron chi connectivity index (χ0n) is 24.1. The Balaban J connectivity index is 2.09. The quantitative estimate of drug-likeness (QED) is 0.304. The van der Waals surface area contributed by atoms with Crippen LogP contribution in [0.4, 0.5) is 10.1 Å². The second-order valence-corrected chi connectivity index (χ2v) is 11.7. The molecule has 0 heterocycles. The highest BCUT2D eigenvalue weighted by Crippen LogP contribution is 2.32. The lowest BCUT2D eigenvalue weighted by Gasteiger charge is -2.34. The lowest BCUT2D eigenvalue weighted by molar-refractivity contribution is -0.140. The molecule has 1 N–H and O–H groups in total. The van der Waals surface area contributed by atoms with Crippen LogP contribution in [-0.4, -0.2) is 50.9 Å². The minimum atomic E-state index is -4.23. The van der Waals surface area contributed by atoms with Crippen LogP contribution in [-0.2, 0) is 26.2 Å². The van der Waals surface area contributed by atoms with Gasteiger partial charge < -0.3 is 15.0 Å². The number of sulfonamides is 1. The first-order valence-corrected chi connectivity index (χ1v) is 15.0. The number of hydrogen-bond donors (Lipinski definition) is 1. The van der Waals surface area contributed by atoms with Gasteiger partial charge in [-0.05, 0) is 68.7 Å². The Morgan fingerprint density at radius 2 is 1.59 bits per heavy atom. The van der Waals surface area contributed by atoms with E-state index in [-0.39, 0.29) is 41.2 Å². The van der Waals surface area contributed by atoms with Gasteiger partial charge in [-0.2, -0.15) is 0 Å². The topological polar surface area (TPSA) is 96.0 Å². The monoisotopic (exact) mass is 583 g/mol. The molecule has 0 fully saturated rings. The molecular weight excluding hydrogens is 545 g/mol. The van der Waals surface area contributed by atoms with Crippen molar-refractivity contribution in [3.63, 3.8) is 0 Å². The van der Waals surface area contributed by atoms with Crippen molar-refractivity contribution < 1.29 is 27.1 Å². The van der Waals surface area contributed by atoms with E-state index >= 15 is 0 Å². The molecular formula is C31H38FN3O5S. The summed E-state index contributed by atoms with van der Waals surface area (Å²) in [5, 5.41) is 2.93. The van der Waals surface area contributed by atoms with Crippen molar-refractivity contribution >= 4 is 27.5 Å². The van der Waals surface area contributed by atoms with Gasteiger partial charge in [-0.25, -0.2) is 12.8 Å². The number of anilines is 1. The third kappa shape index (κ3) is 7.85. The normalized spacial score (nSPS) is 12.7. The number of nitrogens with zero attached hydrogens (tertiary/aromatic N) is 2. The molecule has 8 nitrogen and oxygen atoms in total. The Morgan fingerprint density at radius 1 is 0.951 bits per heavy atom. The number of para-hydroxylation sites is 2. The summed E-state index contributed by atoms with van der Waals surface area (Å²) in [6, 6.07) is 17.5. The van der Waals surface area contributed by atoms with Gasteiger partial charge in [-0.1, -0.05) is 55.8 Å². The summed E-state index contributed by atoms with van der Waals surface area (Å²) in [7, 11) is -2.81. The van der Waals surface area contributed by atoms with Crippen molar-refractivity contribution in [2.24, 2.45) is 0 Å². The summed E-state index contributed by atoms with van der Waals surface area (Å²) >= 11 is 0. The summed E-state index contributed by atoms with van der Waals surface area (Å²) in [5.74, 6) is -1.10. The molecule has 220 valence electrons. The maximum atomic E-state index is 14.1. The molecule has 0 saturated carbocycles. The lowest BCUT2D eigenvalue weighted by atomic mass is 10.1. The molecule has 3 aromatic carbocycles. The molecule has 3 rings (SSSR count). The van der Waals surface area contributed by atoms with Gasteiger partial charge in [0.2, 0.25) is 11.8 Å². The first-order valence-electron chi connectivity index (χ1n) is 13.6. The van der Waals surface area contributed by atoms with E-state index in [1.165, 1.54) is 48.4 Å². The number of hydrogen-bond acceptors (Lipinski definition) is 5. The van der Waals surface area contributed by atoms with Gasteiger partial charge in [0, 0.05) is 12.6 Å². The number of methoxy groups -OCH3 is 1. The predicted octanol–water partition coefficient (Wildman–Crippen LogP) is 5.06. The Labute approximate surface area is 242 Å². The molecule has 0 radical (unpaired) electrons. The van der Waals surface area contributed by atoms with E-state index in [0.29, 0.717) is 12.0 Å². The molecule has 0 aliphatic rings. The molecule has 0 bridgehead atoms. The van der Waals surface area contributed by atoms with E-state index in [1.54, 1.807) is 43.3 Å². The fraction of sp³-hybridized carbons (Fsp3) is 0.355. The Bertz CT molecular complexity index is 1430. The molecule has 0 aliphatic heterocycles. The molecule has 0 aromatic heterocycles. The first-order chi connectivity index (χ1) is 19.5. The summed E-state index contributed by atoms with van der Waals surface area (Å²) < 4.78 is 48.1. The van der Waals surface area contributed by atoms with Gasteiger partial charge in [-0.3, -0.25) is 13.9 Å². The van der Waals surface area contributed by atoms with Crippen molar-refractivity contribution in [1.82, 2.24) is 10.2 Å². The van der Waals surface area contributed by atoms with Crippen LogP contribution in [0.25, 0.3) is 0 Å². The average molecular weight is 584 g/mol. The fourth-order valence-electron chi connectivity index (χ4n) is 4.33. The number of nitrogens with one attached hydrogen (secondary N) is 1. The van der Waals surface area contributed by atoms with Crippen molar-refractivity contribution in [3.05, 3.63) is 89.7 Å².